The summed E-state index contributed by atoms with van der Waals surface area (Å²) in [5, 5.41) is 4.82. The first-order valence-corrected chi connectivity index (χ1v) is 9.10. The molecule has 0 fully saturated rings. The molecule has 0 bridgehead atoms. The third kappa shape index (κ3) is 4.57. The summed E-state index contributed by atoms with van der Waals surface area (Å²) in [6.45, 7) is 0. The number of hydrogen-bond acceptors (Lipinski definition) is 4. The van der Waals surface area contributed by atoms with Crippen LogP contribution in [0.2, 0.25) is 5.02 Å². The number of benzene rings is 2. The third-order valence-electron chi connectivity index (χ3n) is 3.53. The van der Waals surface area contributed by atoms with Gasteiger partial charge < -0.3 is 5.32 Å². The maximum atomic E-state index is 12.8. The summed E-state index contributed by atoms with van der Waals surface area (Å²) >= 11 is 6.72. The highest BCUT2D eigenvalue weighted by Crippen LogP contribution is 2.33. The molecule has 3 aromatic rings. The van der Waals surface area contributed by atoms with Crippen molar-refractivity contribution in [3.8, 4) is 5.69 Å². The molecular weight excluding hydrogens is 419 g/mol. The van der Waals surface area contributed by atoms with Crippen molar-refractivity contribution in [2.75, 3.05) is 11.1 Å². The molecule has 0 saturated carbocycles. The molecular formula is C17H12ClF3N3O3S+. The first kappa shape index (κ1) is 20.0. The monoisotopic (exact) mass is 430 g/mol. The molecule has 0 unspecified atom stereocenters. The molecule has 0 atom stereocenters. The van der Waals surface area contributed by atoms with Crippen LogP contribution in [-0.2, 0) is 11.0 Å². The molecule has 0 radical (unpaired) electrons. The minimum Gasteiger partial charge on any atom is -0.324 e. The Hall–Kier alpha value is -2.72. The van der Waals surface area contributed by atoms with Crippen molar-refractivity contribution in [1.29, 1.82) is 0 Å². The number of amides is 1. The van der Waals surface area contributed by atoms with Crippen LogP contribution >= 0.6 is 23.4 Å². The van der Waals surface area contributed by atoms with Gasteiger partial charge in [0.05, 0.1) is 22.0 Å². The topological polar surface area (TPSA) is 79.0 Å². The van der Waals surface area contributed by atoms with E-state index >= 15 is 0 Å². The third-order valence-corrected chi connectivity index (χ3v) is 4.89. The minimum absolute atomic E-state index is 0.0353. The lowest BCUT2D eigenvalue weighted by Crippen LogP contribution is -2.36. The maximum Gasteiger partial charge on any atom is 0.442 e. The molecule has 28 heavy (non-hydrogen) atoms. The number of carbonyl (C=O) groups excluding carboxylic acids is 1. The van der Waals surface area contributed by atoms with E-state index in [2.05, 4.69) is 10.6 Å². The van der Waals surface area contributed by atoms with Crippen LogP contribution in [-0.4, -0.2) is 16.9 Å². The van der Waals surface area contributed by atoms with Gasteiger partial charge in [0.2, 0.25) is 11.6 Å². The van der Waals surface area contributed by atoms with Gasteiger partial charge in [-0.15, -0.1) is 0 Å². The summed E-state index contributed by atoms with van der Waals surface area (Å²) in [4.78, 5) is 24.0. The van der Waals surface area contributed by atoms with Crippen LogP contribution in [0.15, 0.2) is 62.9 Å². The lowest BCUT2D eigenvalue weighted by atomic mass is 10.2. The van der Waals surface area contributed by atoms with Gasteiger partial charge in [0.15, 0.2) is 0 Å². The Labute approximate surface area is 165 Å². The molecule has 6 nitrogen and oxygen atoms in total. The standard InChI is InChI=1S/C17H11ClF3N3O3S/c18-12-7-6-10(17(19,20)21)8-13(12)22-14(25)9-28-15-16(26)27-23-24(15)11-4-2-1-3-5-11/h1-8H,9H2,(H-,22,23,25,26)/p+1. The fourth-order valence-electron chi connectivity index (χ4n) is 2.25. The van der Waals surface area contributed by atoms with Crippen molar-refractivity contribution >= 4 is 35.0 Å². The molecule has 2 aromatic carbocycles. The van der Waals surface area contributed by atoms with E-state index in [0.717, 1.165) is 30.0 Å². The van der Waals surface area contributed by atoms with Gasteiger partial charge in [0.25, 0.3) is 0 Å². The second-order valence-corrected chi connectivity index (χ2v) is 6.86. The molecule has 146 valence electrons. The number of nitrogens with zero attached hydrogens (tertiary/aromatic N) is 1. The molecule has 11 heteroatoms. The zero-order valence-electron chi connectivity index (χ0n) is 13.9. The molecule has 2 N–H and O–H groups in total. The van der Waals surface area contributed by atoms with E-state index in [0.29, 0.717) is 5.69 Å². The molecule has 3 rings (SSSR count). The highest BCUT2D eigenvalue weighted by Gasteiger charge is 2.31. The summed E-state index contributed by atoms with van der Waals surface area (Å²) in [6.07, 6.45) is -4.57. The van der Waals surface area contributed by atoms with E-state index in [1.165, 1.54) is 4.68 Å². The van der Waals surface area contributed by atoms with Crippen LogP contribution in [0.5, 0.6) is 0 Å². The fourth-order valence-corrected chi connectivity index (χ4v) is 3.19. The number of halogens is 4. The van der Waals surface area contributed by atoms with Gasteiger partial charge in [0, 0.05) is 12.1 Å². The van der Waals surface area contributed by atoms with Crippen molar-refractivity contribution in [2.24, 2.45) is 0 Å². The van der Waals surface area contributed by atoms with Crippen LogP contribution in [0.3, 0.4) is 0 Å². The number of hydrogen-bond donors (Lipinski definition) is 2. The zero-order chi connectivity index (χ0) is 20.3. The predicted molar refractivity (Wildman–Crippen MR) is 96.7 cm³/mol. The summed E-state index contributed by atoms with van der Waals surface area (Å²) in [7, 11) is 0. The molecule has 0 spiro atoms. The number of aromatic amines is 1. The van der Waals surface area contributed by atoms with Gasteiger partial charge in [-0.05, 0) is 39.9 Å². The number of H-pyrrole nitrogens is 1. The average molecular weight is 431 g/mol. The highest BCUT2D eigenvalue weighted by molar-refractivity contribution is 7.99. The number of anilines is 1. The number of carbonyl (C=O) groups is 1. The van der Waals surface area contributed by atoms with Crippen molar-refractivity contribution < 1.29 is 27.2 Å². The molecule has 1 heterocycles. The van der Waals surface area contributed by atoms with Crippen LogP contribution < -0.4 is 15.6 Å². The van der Waals surface area contributed by atoms with Gasteiger partial charge in [-0.25, -0.2) is 4.79 Å². The number of thioether (sulfide) groups is 1. The van der Waals surface area contributed by atoms with Gasteiger partial charge in [-0.2, -0.15) is 13.2 Å². The zero-order valence-corrected chi connectivity index (χ0v) is 15.5. The Balaban J connectivity index is 1.73. The SMILES string of the molecule is O=C(CSc1c(=O)o[nH][n+]1-c1ccccc1)Nc1cc(C(F)(F)F)ccc1Cl. The maximum absolute atomic E-state index is 12.8. The van der Waals surface area contributed by atoms with Crippen molar-refractivity contribution in [3.05, 3.63) is 69.5 Å². The number of nitrogens with one attached hydrogen (secondary N) is 2. The first-order valence-electron chi connectivity index (χ1n) is 7.74. The van der Waals surface area contributed by atoms with E-state index in [-0.39, 0.29) is 21.5 Å². The number of alkyl halides is 3. The van der Waals surface area contributed by atoms with E-state index in [9.17, 15) is 22.8 Å². The Kier molecular flexibility index (Phi) is 5.80. The number of para-hydroxylation sites is 1. The van der Waals surface area contributed by atoms with Gasteiger partial charge in [-0.3, -0.25) is 9.32 Å². The summed E-state index contributed by atoms with van der Waals surface area (Å²) in [6, 6.07) is 11.4. The molecule has 1 amide bonds. The minimum atomic E-state index is -4.57. The van der Waals surface area contributed by atoms with Crippen LogP contribution in [0.1, 0.15) is 5.56 Å². The summed E-state index contributed by atoms with van der Waals surface area (Å²) in [5.74, 6) is -0.881. The molecule has 0 saturated heterocycles. The molecule has 1 aromatic heterocycles. The lowest BCUT2D eigenvalue weighted by molar-refractivity contribution is -0.704. The quantitative estimate of drug-likeness (QED) is 0.478. The summed E-state index contributed by atoms with van der Waals surface area (Å²) in [5.41, 5.74) is -1.18. The highest BCUT2D eigenvalue weighted by atomic mass is 35.5. The lowest BCUT2D eigenvalue weighted by Gasteiger charge is -2.11. The normalized spacial score (nSPS) is 11.4. The largest absolute Gasteiger partial charge is 0.442 e. The van der Waals surface area contributed by atoms with Crippen LogP contribution in [0, 0.1) is 0 Å². The number of aromatic nitrogens is 2. The second kappa shape index (κ2) is 8.11. The molecule has 0 aliphatic rings. The van der Waals surface area contributed by atoms with Crippen molar-refractivity contribution in [3.63, 3.8) is 0 Å². The molecule has 0 aliphatic carbocycles. The van der Waals surface area contributed by atoms with Crippen molar-refractivity contribution in [2.45, 2.75) is 11.2 Å². The van der Waals surface area contributed by atoms with Gasteiger partial charge in [0.1, 0.15) is 0 Å². The smallest absolute Gasteiger partial charge is 0.324 e. The van der Waals surface area contributed by atoms with E-state index in [1.54, 1.807) is 30.3 Å². The van der Waals surface area contributed by atoms with E-state index in [4.69, 9.17) is 16.1 Å². The van der Waals surface area contributed by atoms with Crippen LogP contribution in [0.4, 0.5) is 18.9 Å². The van der Waals surface area contributed by atoms with Gasteiger partial charge >= 0.3 is 16.8 Å². The Morgan fingerprint density at radius 3 is 2.61 bits per heavy atom. The number of rotatable bonds is 5. The fraction of sp³-hybridized carbons (Fsp3) is 0.118. The first-order chi connectivity index (χ1) is 13.3. The Morgan fingerprint density at radius 2 is 1.93 bits per heavy atom. The second-order valence-electron chi connectivity index (χ2n) is 5.49. The Bertz CT molecular complexity index is 1050. The predicted octanol–water partition coefficient (Wildman–Crippen LogP) is 3.65. The van der Waals surface area contributed by atoms with Crippen molar-refractivity contribution in [1.82, 2.24) is 5.27 Å². The van der Waals surface area contributed by atoms with Crippen LogP contribution in [0.25, 0.3) is 5.69 Å². The van der Waals surface area contributed by atoms with Gasteiger partial charge in [-0.1, -0.05) is 29.8 Å². The van der Waals surface area contributed by atoms with E-state index in [1.807, 2.05) is 0 Å². The summed E-state index contributed by atoms with van der Waals surface area (Å²) < 4.78 is 44.5. The molecule has 0 aliphatic heterocycles. The van der Waals surface area contributed by atoms with E-state index < -0.39 is 23.3 Å². The average Bonchev–Trinajstić information content (AvgIpc) is 3.02. The Morgan fingerprint density at radius 1 is 1.21 bits per heavy atom.